The Bertz CT molecular complexity index is 145. The Hall–Kier alpha value is -0.0800. The number of hydrogen-bond donors (Lipinski definition) is 1. The first-order chi connectivity index (χ1) is 5.66. The average molecular weight is 186 g/mol. The normalized spacial score (nSPS) is 17.5. The molecule has 0 aliphatic carbocycles. The highest BCUT2D eigenvalue weighted by atomic mass is 15.1. The van der Waals surface area contributed by atoms with Crippen molar-refractivity contribution in [3.05, 3.63) is 0 Å². The van der Waals surface area contributed by atoms with Gasteiger partial charge in [0, 0.05) is 18.6 Å². The van der Waals surface area contributed by atoms with Crippen molar-refractivity contribution in [2.24, 2.45) is 11.1 Å². The van der Waals surface area contributed by atoms with Gasteiger partial charge >= 0.3 is 0 Å². The fourth-order valence-electron chi connectivity index (χ4n) is 1.59. The molecule has 0 saturated heterocycles. The molecule has 0 amide bonds. The van der Waals surface area contributed by atoms with Gasteiger partial charge in [0.1, 0.15) is 0 Å². The Morgan fingerprint density at radius 1 is 1.08 bits per heavy atom. The largest absolute Gasteiger partial charge is 0.324 e. The van der Waals surface area contributed by atoms with E-state index < -0.39 is 0 Å². The Balaban J connectivity index is 3.94. The molecule has 80 valence electrons. The van der Waals surface area contributed by atoms with Crippen LogP contribution >= 0.6 is 0 Å². The number of nitrogens with two attached hydrogens (primary N) is 1. The maximum absolute atomic E-state index is 6.09. The fraction of sp³-hybridized carbons (Fsp3) is 1.00. The van der Waals surface area contributed by atoms with Gasteiger partial charge in [0.15, 0.2) is 0 Å². The minimum absolute atomic E-state index is 0.0417. The number of nitrogens with zero attached hydrogens (tertiary/aromatic N) is 1. The molecule has 2 N–H and O–H groups in total. The van der Waals surface area contributed by atoms with Crippen LogP contribution in [-0.4, -0.2) is 30.6 Å². The second-order valence-electron chi connectivity index (χ2n) is 5.74. The predicted molar refractivity (Wildman–Crippen MR) is 59.8 cm³/mol. The molecule has 1 unspecified atom stereocenters. The van der Waals surface area contributed by atoms with E-state index in [2.05, 4.69) is 46.6 Å². The molecule has 0 radical (unpaired) electrons. The van der Waals surface area contributed by atoms with E-state index in [1.807, 2.05) is 0 Å². The maximum Gasteiger partial charge on any atom is 0.0252 e. The van der Waals surface area contributed by atoms with E-state index in [9.17, 15) is 0 Å². The van der Waals surface area contributed by atoms with Gasteiger partial charge in [-0.3, -0.25) is 0 Å². The first kappa shape index (κ1) is 12.9. The summed E-state index contributed by atoms with van der Waals surface area (Å²) in [5, 5.41) is 0. The van der Waals surface area contributed by atoms with Crippen LogP contribution in [0.25, 0.3) is 0 Å². The van der Waals surface area contributed by atoms with Crippen LogP contribution in [0.4, 0.5) is 0 Å². The van der Waals surface area contributed by atoms with Gasteiger partial charge in [0.2, 0.25) is 0 Å². The molecule has 0 heterocycles. The second-order valence-corrected chi connectivity index (χ2v) is 5.74. The molecular formula is C11H26N2. The lowest BCUT2D eigenvalue weighted by Crippen LogP contribution is -2.47. The Labute approximate surface area is 83.5 Å². The molecule has 0 aromatic carbocycles. The molecular weight excluding hydrogens is 160 g/mol. The van der Waals surface area contributed by atoms with Gasteiger partial charge in [0.05, 0.1) is 0 Å². The van der Waals surface area contributed by atoms with Gasteiger partial charge in [0.25, 0.3) is 0 Å². The van der Waals surface area contributed by atoms with Gasteiger partial charge in [-0.2, -0.15) is 0 Å². The smallest absolute Gasteiger partial charge is 0.0252 e. The lowest BCUT2D eigenvalue weighted by Gasteiger charge is -2.33. The summed E-state index contributed by atoms with van der Waals surface area (Å²) in [6, 6.07) is 0. The zero-order valence-electron chi connectivity index (χ0n) is 10.1. The van der Waals surface area contributed by atoms with E-state index in [0.717, 1.165) is 19.5 Å². The van der Waals surface area contributed by atoms with E-state index in [-0.39, 0.29) is 5.54 Å². The first-order valence-electron chi connectivity index (χ1n) is 5.14. The highest BCUT2D eigenvalue weighted by molar-refractivity contribution is 4.81. The van der Waals surface area contributed by atoms with Crippen LogP contribution in [0.3, 0.4) is 0 Å². The standard InChI is InChI=1S/C11H26N2/c1-7-11(5,12)9-13(6)8-10(2,3)4/h7-9,12H2,1-6H3. The quantitative estimate of drug-likeness (QED) is 0.728. The Morgan fingerprint density at radius 2 is 1.54 bits per heavy atom. The van der Waals surface area contributed by atoms with Crippen molar-refractivity contribution in [3.8, 4) is 0 Å². The van der Waals surface area contributed by atoms with Crippen molar-refractivity contribution in [3.63, 3.8) is 0 Å². The predicted octanol–water partition coefficient (Wildman–Crippen LogP) is 2.09. The van der Waals surface area contributed by atoms with Gasteiger partial charge in [-0.05, 0) is 25.8 Å². The van der Waals surface area contributed by atoms with Crippen LogP contribution in [0.2, 0.25) is 0 Å². The zero-order chi connectivity index (χ0) is 10.7. The molecule has 0 aromatic rings. The van der Waals surface area contributed by atoms with E-state index in [4.69, 9.17) is 5.73 Å². The molecule has 1 atom stereocenters. The van der Waals surface area contributed by atoms with Gasteiger partial charge < -0.3 is 10.6 Å². The first-order valence-corrected chi connectivity index (χ1v) is 5.14. The zero-order valence-corrected chi connectivity index (χ0v) is 10.1. The SMILES string of the molecule is CCC(C)(N)CN(C)CC(C)(C)C. The van der Waals surface area contributed by atoms with Crippen LogP contribution in [0.1, 0.15) is 41.0 Å². The summed E-state index contributed by atoms with van der Waals surface area (Å²) in [4.78, 5) is 2.32. The number of hydrogen-bond acceptors (Lipinski definition) is 2. The molecule has 13 heavy (non-hydrogen) atoms. The molecule has 0 saturated carbocycles. The van der Waals surface area contributed by atoms with Crippen LogP contribution in [-0.2, 0) is 0 Å². The minimum atomic E-state index is -0.0417. The molecule has 2 heteroatoms. The van der Waals surface area contributed by atoms with E-state index in [1.54, 1.807) is 0 Å². The summed E-state index contributed by atoms with van der Waals surface area (Å²) in [7, 11) is 2.14. The summed E-state index contributed by atoms with van der Waals surface area (Å²) >= 11 is 0. The van der Waals surface area contributed by atoms with Crippen LogP contribution in [0, 0.1) is 5.41 Å². The summed E-state index contributed by atoms with van der Waals surface area (Å²) in [6.45, 7) is 13.1. The summed E-state index contributed by atoms with van der Waals surface area (Å²) in [5.41, 5.74) is 6.41. The van der Waals surface area contributed by atoms with E-state index >= 15 is 0 Å². The van der Waals surface area contributed by atoms with Gasteiger partial charge in [-0.15, -0.1) is 0 Å². The summed E-state index contributed by atoms with van der Waals surface area (Å²) < 4.78 is 0. The highest BCUT2D eigenvalue weighted by Gasteiger charge is 2.21. The lowest BCUT2D eigenvalue weighted by atomic mass is 9.94. The van der Waals surface area contributed by atoms with Crippen molar-refractivity contribution in [2.75, 3.05) is 20.1 Å². The van der Waals surface area contributed by atoms with Crippen molar-refractivity contribution in [1.82, 2.24) is 4.90 Å². The third-order valence-electron chi connectivity index (χ3n) is 2.18. The molecule has 0 bridgehead atoms. The van der Waals surface area contributed by atoms with Gasteiger partial charge in [-0.25, -0.2) is 0 Å². The second kappa shape index (κ2) is 4.43. The lowest BCUT2D eigenvalue weighted by molar-refractivity contribution is 0.188. The number of likely N-dealkylation sites (N-methyl/N-ethyl adjacent to an activating group) is 1. The van der Waals surface area contributed by atoms with E-state index in [1.165, 1.54) is 0 Å². The van der Waals surface area contributed by atoms with E-state index in [0.29, 0.717) is 5.41 Å². The molecule has 0 aliphatic rings. The van der Waals surface area contributed by atoms with Crippen LogP contribution < -0.4 is 5.73 Å². The average Bonchev–Trinajstić information content (AvgIpc) is 1.81. The number of rotatable bonds is 4. The van der Waals surface area contributed by atoms with Crippen molar-refractivity contribution >= 4 is 0 Å². The van der Waals surface area contributed by atoms with Crippen molar-refractivity contribution in [2.45, 2.75) is 46.6 Å². The molecule has 2 nitrogen and oxygen atoms in total. The fourth-order valence-corrected chi connectivity index (χ4v) is 1.59. The molecule has 0 aliphatic heterocycles. The van der Waals surface area contributed by atoms with Crippen LogP contribution in [0.5, 0.6) is 0 Å². The van der Waals surface area contributed by atoms with Gasteiger partial charge in [-0.1, -0.05) is 27.7 Å². The van der Waals surface area contributed by atoms with Crippen LogP contribution in [0.15, 0.2) is 0 Å². The molecule has 0 rings (SSSR count). The van der Waals surface area contributed by atoms with Crippen molar-refractivity contribution < 1.29 is 0 Å². The summed E-state index contributed by atoms with van der Waals surface area (Å²) in [6.07, 6.45) is 1.03. The van der Waals surface area contributed by atoms with Crippen molar-refractivity contribution in [1.29, 1.82) is 0 Å². The highest BCUT2D eigenvalue weighted by Crippen LogP contribution is 2.16. The molecule has 0 spiro atoms. The Morgan fingerprint density at radius 3 is 1.85 bits per heavy atom. The Kier molecular flexibility index (Phi) is 4.40. The maximum atomic E-state index is 6.09. The monoisotopic (exact) mass is 186 g/mol. The minimum Gasteiger partial charge on any atom is -0.324 e. The summed E-state index contributed by atoms with van der Waals surface area (Å²) in [5.74, 6) is 0. The molecule has 0 fully saturated rings. The topological polar surface area (TPSA) is 29.3 Å². The third kappa shape index (κ3) is 7.03. The molecule has 0 aromatic heterocycles. The third-order valence-corrected chi connectivity index (χ3v) is 2.18.